The summed E-state index contributed by atoms with van der Waals surface area (Å²) < 4.78 is 37.7. The lowest BCUT2D eigenvalue weighted by atomic mass is 9.87. The van der Waals surface area contributed by atoms with Gasteiger partial charge in [-0.25, -0.2) is 4.39 Å². The number of halogens is 2. The Kier molecular flexibility index (Phi) is 15.2. The molecule has 0 amide bonds. The molecule has 1 fully saturated rings. The van der Waals surface area contributed by atoms with E-state index < -0.39 is 59.2 Å². The highest BCUT2D eigenvalue weighted by molar-refractivity contribution is 6.30. The standard InChI is InChI=1S/C38H55ClFNO9/c1-9-30(47-8)24(4)34-35(50-34)36(41-21-26-13-14-27(39)19-29(26)40)38(7,46)17-10-11-22(2)33-23(3)12-15-31(48-25(5)42)37(6,45)18-16-28(43)20-32(44)49-33/h10-15,17,19,23-24,28,30-31,33-36,41,43,45-46H,9,16,18,20-21H2,1-8H3/b15-12+,17-10+,22-11+/t23-,24+,28+,30-,31-,33+,34?,35-,36?,37+,38?/m0/s1. The van der Waals surface area contributed by atoms with Gasteiger partial charge in [-0.15, -0.1) is 0 Å². The minimum absolute atomic E-state index is 0.0355. The lowest BCUT2D eigenvalue weighted by Crippen LogP contribution is -2.52. The molecule has 0 aliphatic carbocycles. The highest BCUT2D eigenvalue weighted by Crippen LogP contribution is 2.39. The third-order valence-electron chi connectivity index (χ3n) is 9.72. The number of epoxide rings is 1. The summed E-state index contributed by atoms with van der Waals surface area (Å²) in [5.74, 6) is -2.01. The first-order valence-corrected chi connectivity index (χ1v) is 17.7. The van der Waals surface area contributed by atoms with Crippen LogP contribution in [0.1, 0.15) is 79.7 Å². The van der Waals surface area contributed by atoms with Crippen molar-refractivity contribution in [3.05, 3.63) is 70.6 Å². The third-order valence-corrected chi connectivity index (χ3v) is 9.95. The van der Waals surface area contributed by atoms with Crippen LogP contribution >= 0.6 is 11.6 Å². The van der Waals surface area contributed by atoms with Crippen LogP contribution in [0.3, 0.4) is 0 Å². The Balaban J connectivity index is 1.89. The molecular formula is C38H55ClFNO9. The summed E-state index contributed by atoms with van der Waals surface area (Å²) in [7, 11) is 1.66. The fourth-order valence-corrected chi connectivity index (χ4v) is 6.71. The Bertz CT molecular complexity index is 1390. The molecule has 1 aromatic rings. The number of ether oxygens (including phenoxy) is 4. The Labute approximate surface area is 300 Å². The van der Waals surface area contributed by atoms with Gasteiger partial charge in [-0.05, 0) is 63.8 Å². The monoisotopic (exact) mass is 723 g/mol. The molecule has 0 radical (unpaired) electrons. The van der Waals surface area contributed by atoms with Crippen molar-refractivity contribution < 1.29 is 48.2 Å². The van der Waals surface area contributed by atoms with Crippen LogP contribution in [0.15, 0.2) is 54.2 Å². The lowest BCUT2D eigenvalue weighted by molar-refractivity contribution is -0.157. The number of benzene rings is 1. The summed E-state index contributed by atoms with van der Waals surface area (Å²) in [4.78, 5) is 24.7. The van der Waals surface area contributed by atoms with Gasteiger partial charge in [0, 0.05) is 43.0 Å². The predicted octanol–water partition coefficient (Wildman–Crippen LogP) is 5.35. The Morgan fingerprint density at radius 3 is 2.60 bits per heavy atom. The Morgan fingerprint density at radius 1 is 1.28 bits per heavy atom. The van der Waals surface area contributed by atoms with Crippen molar-refractivity contribution in [3.63, 3.8) is 0 Å². The summed E-state index contributed by atoms with van der Waals surface area (Å²) >= 11 is 5.95. The molecule has 4 N–H and O–H groups in total. The summed E-state index contributed by atoms with van der Waals surface area (Å²) in [6.07, 6.45) is 5.56. The van der Waals surface area contributed by atoms with Crippen molar-refractivity contribution in [1.29, 1.82) is 0 Å². The molecule has 0 aromatic heterocycles. The van der Waals surface area contributed by atoms with Crippen LogP contribution in [0.5, 0.6) is 0 Å². The normalized spacial score (nSPS) is 31.8. The predicted molar refractivity (Wildman–Crippen MR) is 189 cm³/mol. The topological polar surface area (TPSA) is 147 Å². The fourth-order valence-electron chi connectivity index (χ4n) is 6.56. The van der Waals surface area contributed by atoms with E-state index in [0.717, 1.165) is 6.42 Å². The van der Waals surface area contributed by atoms with Crippen molar-refractivity contribution >= 4 is 23.5 Å². The molecule has 0 bridgehead atoms. The number of cyclic esters (lactones) is 1. The smallest absolute Gasteiger partial charge is 0.309 e. The summed E-state index contributed by atoms with van der Waals surface area (Å²) in [5.41, 5.74) is -1.93. The van der Waals surface area contributed by atoms with Crippen molar-refractivity contribution in [2.75, 3.05) is 7.11 Å². The molecule has 0 spiro atoms. The maximum absolute atomic E-state index is 14.7. The first-order chi connectivity index (χ1) is 23.4. The van der Waals surface area contributed by atoms with Crippen LogP contribution in [-0.2, 0) is 35.1 Å². The van der Waals surface area contributed by atoms with Gasteiger partial charge in [-0.3, -0.25) is 9.59 Å². The second-order valence-corrected chi connectivity index (χ2v) is 14.6. The average Bonchev–Trinajstić information content (AvgIpc) is 3.82. The molecular weight excluding hydrogens is 669 g/mol. The minimum atomic E-state index is -1.48. The van der Waals surface area contributed by atoms with E-state index in [-0.39, 0.29) is 55.1 Å². The largest absolute Gasteiger partial charge is 0.457 e. The molecule has 2 aliphatic rings. The lowest BCUT2D eigenvalue weighted by Gasteiger charge is -2.32. The highest BCUT2D eigenvalue weighted by Gasteiger charge is 2.54. The van der Waals surface area contributed by atoms with E-state index in [0.29, 0.717) is 11.1 Å². The van der Waals surface area contributed by atoms with Gasteiger partial charge in [-0.2, -0.15) is 0 Å². The van der Waals surface area contributed by atoms with Gasteiger partial charge >= 0.3 is 11.9 Å². The molecule has 10 nitrogen and oxygen atoms in total. The first kappa shape index (κ1) is 41.8. The molecule has 2 aliphatic heterocycles. The van der Waals surface area contributed by atoms with Crippen LogP contribution in [0, 0.1) is 17.7 Å². The number of nitrogens with one attached hydrogen (secondary N) is 1. The molecule has 11 atom stereocenters. The van der Waals surface area contributed by atoms with Gasteiger partial charge in [0.1, 0.15) is 29.7 Å². The van der Waals surface area contributed by atoms with Gasteiger partial charge < -0.3 is 39.6 Å². The molecule has 280 valence electrons. The van der Waals surface area contributed by atoms with Gasteiger partial charge in [0.2, 0.25) is 0 Å². The summed E-state index contributed by atoms with van der Waals surface area (Å²) in [6.45, 7) is 12.2. The van der Waals surface area contributed by atoms with Crippen molar-refractivity contribution in [1.82, 2.24) is 5.32 Å². The molecule has 1 aromatic carbocycles. The van der Waals surface area contributed by atoms with Crippen molar-refractivity contribution in [2.24, 2.45) is 11.8 Å². The van der Waals surface area contributed by atoms with Crippen LogP contribution in [0.2, 0.25) is 5.02 Å². The maximum Gasteiger partial charge on any atom is 0.309 e. The van der Waals surface area contributed by atoms with E-state index in [4.69, 9.17) is 30.5 Å². The van der Waals surface area contributed by atoms with E-state index in [1.54, 1.807) is 63.5 Å². The second-order valence-electron chi connectivity index (χ2n) is 14.1. The number of carbonyl (C=O) groups excluding carboxylic acids is 2. The molecule has 3 unspecified atom stereocenters. The van der Waals surface area contributed by atoms with Gasteiger partial charge in [0.25, 0.3) is 0 Å². The maximum atomic E-state index is 14.7. The molecule has 3 rings (SSSR count). The number of esters is 2. The first-order valence-electron chi connectivity index (χ1n) is 17.3. The molecule has 0 saturated carbocycles. The van der Waals surface area contributed by atoms with Crippen LogP contribution in [0.25, 0.3) is 0 Å². The third kappa shape index (κ3) is 11.7. The van der Waals surface area contributed by atoms with Crippen molar-refractivity contribution in [2.45, 2.75) is 135 Å². The van der Waals surface area contributed by atoms with E-state index >= 15 is 0 Å². The summed E-state index contributed by atoms with van der Waals surface area (Å²) in [5, 5.41) is 37.0. The number of aliphatic hydroxyl groups excluding tert-OH is 1. The molecule has 12 heteroatoms. The summed E-state index contributed by atoms with van der Waals surface area (Å²) in [6, 6.07) is 3.81. The average molecular weight is 724 g/mol. The van der Waals surface area contributed by atoms with Crippen LogP contribution in [-0.4, -0.2) is 88.2 Å². The van der Waals surface area contributed by atoms with Gasteiger partial charge in [0.15, 0.2) is 0 Å². The number of carbonyl (C=O) groups is 2. The minimum Gasteiger partial charge on any atom is -0.457 e. The number of allylic oxidation sites excluding steroid dienone is 2. The van der Waals surface area contributed by atoms with Gasteiger partial charge in [-0.1, -0.05) is 62.7 Å². The zero-order chi connectivity index (χ0) is 37.4. The van der Waals surface area contributed by atoms with E-state index in [1.807, 2.05) is 20.8 Å². The molecule has 1 saturated heterocycles. The fraction of sp³-hybridized carbons (Fsp3) is 0.632. The molecule has 2 heterocycles. The van der Waals surface area contributed by atoms with E-state index in [2.05, 4.69) is 5.32 Å². The SMILES string of the molecule is CC[C@H](OC)[C@@H](C)C1O[C@@H]1C(NCc1ccc(Cl)cc1F)C(C)(O)/C=C/C=C(\C)[C@H]1OC(=O)C[C@H](O)CC[C@@](C)(O)[C@@H](OC(C)=O)/C=C/[C@@H]1C. The van der Waals surface area contributed by atoms with Gasteiger partial charge in [0.05, 0.1) is 36.4 Å². The number of methoxy groups -OCH3 is 1. The number of rotatable bonds is 13. The quantitative estimate of drug-likeness (QED) is 0.0909. The van der Waals surface area contributed by atoms with Crippen LogP contribution in [0.4, 0.5) is 4.39 Å². The Morgan fingerprint density at radius 2 is 1.98 bits per heavy atom. The van der Waals surface area contributed by atoms with Crippen LogP contribution < -0.4 is 5.32 Å². The number of aliphatic hydroxyl groups is 3. The second kappa shape index (κ2) is 18.2. The van der Waals surface area contributed by atoms with E-state index in [1.165, 1.54) is 19.9 Å². The van der Waals surface area contributed by atoms with Crippen molar-refractivity contribution in [3.8, 4) is 0 Å². The number of hydrogen-bond donors (Lipinski definition) is 4. The zero-order valence-electron chi connectivity index (χ0n) is 30.4. The highest BCUT2D eigenvalue weighted by atomic mass is 35.5. The number of hydrogen-bond acceptors (Lipinski definition) is 10. The molecule has 50 heavy (non-hydrogen) atoms. The van der Waals surface area contributed by atoms with E-state index in [9.17, 15) is 29.3 Å². The zero-order valence-corrected chi connectivity index (χ0v) is 31.2. The Hall–Kier alpha value is -2.64.